The first-order valence-corrected chi connectivity index (χ1v) is 8.23. The maximum absolute atomic E-state index is 12.0. The molecule has 0 radical (unpaired) electrons. The van der Waals surface area contributed by atoms with E-state index in [2.05, 4.69) is 10.6 Å². The maximum Gasteiger partial charge on any atom is 0.241 e. The molecule has 0 aliphatic carbocycles. The average Bonchev–Trinajstić information content (AvgIpc) is 3.02. The second-order valence-electron chi connectivity index (χ2n) is 6.23. The Morgan fingerprint density at radius 3 is 2.70 bits per heavy atom. The van der Waals surface area contributed by atoms with Gasteiger partial charge in [0.15, 0.2) is 0 Å². The number of benzene rings is 1. The van der Waals surface area contributed by atoms with Crippen LogP contribution < -0.4 is 15.4 Å². The van der Waals surface area contributed by atoms with Crippen LogP contribution >= 0.6 is 0 Å². The molecule has 2 atom stereocenters. The van der Waals surface area contributed by atoms with Crippen molar-refractivity contribution >= 4 is 11.6 Å². The number of hydrogen-bond donors (Lipinski definition) is 3. The number of aliphatic hydroxyl groups is 1. The Hall–Kier alpha value is -1.63. The summed E-state index contributed by atoms with van der Waals surface area (Å²) < 4.78 is 11.1. The predicted molar refractivity (Wildman–Crippen MR) is 86.5 cm³/mol. The van der Waals surface area contributed by atoms with Gasteiger partial charge in [0.2, 0.25) is 5.91 Å². The minimum absolute atomic E-state index is 0.113. The minimum atomic E-state index is -0.438. The smallest absolute Gasteiger partial charge is 0.241 e. The van der Waals surface area contributed by atoms with E-state index in [0.29, 0.717) is 25.5 Å². The lowest BCUT2D eigenvalue weighted by atomic mass is 10.0. The maximum atomic E-state index is 12.0. The second-order valence-corrected chi connectivity index (χ2v) is 6.23. The van der Waals surface area contributed by atoms with Gasteiger partial charge in [0, 0.05) is 25.4 Å². The molecule has 2 unspecified atom stereocenters. The Balaban J connectivity index is 1.45. The van der Waals surface area contributed by atoms with Gasteiger partial charge in [-0.3, -0.25) is 4.79 Å². The highest BCUT2D eigenvalue weighted by Crippen LogP contribution is 2.20. The van der Waals surface area contributed by atoms with E-state index in [9.17, 15) is 9.90 Å². The van der Waals surface area contributed by atoms with Gasteiger partial charge < -0.3 is 25.2 Å². The van der Waals surface area contributed by atoms with Crippen LogP contribution in [0.2, 0.25) is 0 Å². The van der Waals surface area contributed by atoms with Crippen molar-refractivity contribution in [3.05, 3.63) is 24.3 Å². The molecule has 2 fully saturated rings. The standard InChI is InChI=1S/C17H24N2O4/c20-14-9-16(18-10-14)17(21)19-13-1-3-15(4-2-13)23-11-12-5-7-22-8-6-12/h1-4,12,14,16,18,20H,5-11H2,(H,19,21). The van der Waals surface area contributed by atoms with E-state index in [0.717, 1.165) is 37.5 Å². The van der Waals surface area contributed by atoms with E-state index in [-0.39, 0.29) is 11.9 Å². The summed E-state index contributed by atoms with van der Waals surface area (Å²) in [5, 5.41) is 15.3. The predicted octanol–water partition coefficient (Wildman–Crippen LogP) is 1.15. The largest absolute Gasteiger partial charge is 0.493 e. The van der Waals surface area contributed by atoms with Crippen molar-refractivity contribution in [3.8, 4) is 5.75 Å². The molecule has 2 aliphatic heterocycles. The van der Waals surface area contributed by atoms with Crippen molar-refractivity contribution in [1.82, 2.24) is 5.32 Å². The highest BCUT2D eigenvalue weighted by Gasteiger charge is 2.27. The summed E-state index contributed by atoms with van der Waals surface area (Å²) in [5.41, 5.74) is 0.733. The van der Waals surface area contributed by atoms with E-state index in [1.165, 1.54) is 0 Å². The van der Waals surface area contributed by atoms with Crippen LogP contribution in [-0.4, -0.2) is 49.5 Å². The lowest BCUT2D eigenvalue weighted by molar-refractivity contribution is -0.117. The van der Waals surface area contributed by atoms with Crippen LogP contribution in [0.4, 0.5) is 5.69 Å². The molecule has 6 heteroatoms. The zero-order valence-electron chi connectivity index (χ0n) is 13.2. The van der Waals surface area contributed by atoms with Crippen LogP contribution in [0.25, 0.3) is 0 Å². The van der Waals surface area contributed by atoms with Gasteiger partial charge in [-0.25, -0.2) is 0 Å². The van der Waals surface area contributed by atoms with Gasteiger partial charge in [-0.05, 0) is 49.4 Å². The minimum Gasteiger partial charge on any atom is -0.493 e. The van der Waals surface area contributed by atoms with Crippen LogP contribution in [-0.2, 0) is 9.53 Å². The Labute approximate surface area is 136 Å². The monoisotopic (exact) mass is 320 g/mol. The zero-order valence-corrected chi connectivity index (χ0v) is 13.2. The molecule has 126 valence electrons. The van der Waals surface area contributed by atoms with E-state index in [1.807, 2.05) is 24.3 Å². The Kier molecular flexibility index (Phi) is 5.48. The first kappa shape index (κ1) is 16.2. The third-order valence-corrected chi connectivity index (χ3v) is 4.37. The van der Waals surface area contributed by atoms with E-state index < -0.39 is 6.10 Å². The third-order valence-electron chi connectivity index (χ3n) is 4.37. The molecule has 0 bridgehead atoms. The quantitative estimate of drug-likeness (QED) is 0.758. The number of hydrogen-bond acceptors (Lipinski definition) is 5. The van der Waals surface area contributed by atoms with Gasteiger partial charge in [0.25, 0.3) is 0 Å². The molecule has 6 nitrogen and oxygen atoms in total. The number of ether oxygens (including phenoxy) is 2. The van der Waals surface area contributed by atoms with Crippen molar-refractivity contribution in [1.29, 1.82) is 0 Å². The summed E-state index contributed by atoms with van der Waals surface area (Å²) in [4.78, 5) is 12.0. The van der Waals surface area contributed by atoms with Gasteiger partial charge in [0.05, 0.1) is 18.8 Å². The number of nitrogens with one attached hydrogen (secondary N) is 2. The number of rotatable bonds is 5. The molecule has 2 heterocycles. The van der Waals surface area contributed by atoms with Gasteiger partial charge in [-0.2, -0.15) is 0 Å². The fourth-order valence-electron chi connectivity index (χ4n) is 2.91. The molecule has 3 rings (SSSR count). The first-order chi connectivity index (χ1) is 11.2. The van der Waals surface area contributed by atoms with Crippen molar-refractivity contribution < 1.29 is 19.4 Å². The zero-order chi connectivity index (χ0) is 16.1. The summed E-state index contributed by atoms with van der Waals surface area (Å²) >= 11 is 0. The molecule has 2 aliphatic rings. The summed E-state index contributed by atoms with van der Waals surface area (Å²) in [7, 11) is 0. The van der Waals surface area contributed by atoms with Gasteiger partial charge in [0.1, 0.15) is 5.75 Å². The van der Waals surface area contributed by atoms with Crippen molar-refractivity contribution in [2.45, 2.75) is 31.4 Å². The highest BCUT2D eigenvalue weighted by molar-refractivity contribution is 5.95. The fraction of sp³-hybridized carbons (Fsp3) is 0.588. The van der Waals surface area contributed by atoms with E-state index >= 15 is 0 Å². The van der Waals surface area contributed by atoms with Gasteiger partial charge >= 0.3 is 0 Å². The first-order valence-electron chi connectivity index (χ1n) is 8.23. The lowest BCUT2D eigenvalue weighted by Gasteiger charge is -2.22. The molecule has 23 heavy (non-hydrogen) atoms. The van der Waals surface area contributed by atoms with Crippen LogP contribution in [0.1, 0.15) is 19.3 Å². The SMILES string of the molecule is O=C(Nc1ccc(OCC2CCOCC2)cc1)C1CC(O)CN1. The number of amides is 1. The summed E-state index contributed by atoms with van der Waals surface area (Å²) in [6, 6.07) is 7.08. The van der Waals surface area contributed by atoms with Gasteiger partial charge in [-0.1, -0.05) is 0 Å². The number of aliphatic hydroxyl groups excluding tert-OH is 1. The molecule has 3 N–H and O–H groups in total. The Bertz CT molecular complexity index is 514. The number of β-amino-alcohol motifs (C(OH)–C–C–N with tert-alkyl or cyclic N) is 1. The Morgan fingerprint density at radius 2 is 2.04 bits per heavy atom. The molecule has 1 aromatic carbocycles. The van der Waals surface area contributed by atoms with Crippen molar-refractivity contribution in [3.63, 3.8) is 0 Å². The number of anilines is 1. The Morgan fingerprint density at radius 1 is 1.30 bits per heavy atom. The topological polar surface area (TPSA) is 79.8 Å². The van der Waals surface area contributed by atoms with Gasteiger partial charge in [-0.15, -0.1) is 0 Å². The molecule has 1 amide bonds. The van der Waals surface area contributed by atoms with Crippen molar-refractivity contribution in [2.75, 3.05) is 31.7 Å². The fourth-order valence-corrected chi connectivity index (χ4v) is 2.91. The van der Waals surface area contributed by atoms with E-state index in [4.69, 9.17) is 9.47 Å². The summed E-state index contributed by atoms with van der Waals surface area (Å²) in [6.07, 6.45) is 2.12. The second kappa shape index (κ2) is 7.77. The van der Waals surface area contributed by atoms with Crippen molar-refractivity contribution in [2.24, 2.45) is 5.92 Å². The van der Waals surface area contributed by atoms with Crippen LogP contribution in [0, 0.1) is 5.92 Å². The number of carbonyl (C=O) groups is 1. The highest BCUT2D eigenvalue weighted by atomic mass is 16.5. The van der Waals surface area contributed by atoms with Crippen LogP contribution in [0.5, 0.6) is 5.75 Å². The number of carbonyl (C=O) groups excluding carboxylic acids is 1. The average molecular weight is 320 g/mol. The molecular weight excluding hydrogens is 296 g/mol. The van der Waals surface area contributed by atoms with Crippen LogP contribution in [0.15, 0.2) is 24.3 Å². The third kappa shape index (κ3) is 4.67. The molecule has 0 aromatic heterocycles. The summed E-state index contributed by atoms with van der Waals surface area (Å²) in [5.74, 6) is 1.25. The normalized spacial score (nSPS) is 25.3. The molecule has 2 saturated heterocycles. The van der Waals surface area contributed by atoms with E-state index in [1.54, 1.807) is 0 Å². The van der Waals surface area contributed by atoms with Crippen LogP contribution in [0.3, 0.4) is 0 Å². The lowest BCUT2D eigenvalue weighted by Crippen LogP contribution is -2.35. The molecule has 0 saturated carbocycles. The molecule has 1 aromatic rings. The summed E-state index contributed by atoms with van der Waals surface area (Å²) in [6.45, 7) is 2.82. The molecule has 0 spiro atoms. The molecular formula is C17H24N2O4.